The third-order valence-corrected chi connectivity index (χ3v) is 2.14. The van der Waals surface area contributed by atoms with E-state index in [0.29, 0.717) is 23.8 Å². The molecule has 2 N–H and O–H groups in total. The highest BCUT2D eigenvalue weighted by Crippen LogP contribution is 2.17. The van der Waals surface area contributed by atoms with Gasteiger partial charge >= 0.3 is 0 Å². The number of aromatic nitrogens is 3. The highest BCUT2D eigenvalue weighted by molar-refractivity contribution is 5.47. The number of halogens is 1. The van der Waals surface area contributed by atoms with Gasteiger partial charge in [-0.3, -0.25) is 0 Å². The Labute approximate surface area is 97.2 Å². The fourth-order valence-corrected chi connectivity index (χ4v) is 1.28. The zero-order valence-electron chi connectivity index (χ0n) is 9.01. The molecule has 0 radical (unpaired) electrons. The first-order valence-electron chi connectivity index (χ1n) is 5.02. The minimum atomic E-state index is -0.416. The van der Waals surface area contributed by atoms with E-state index in [2.05, 4.69) is 21.7 Å². The quantitative estimate of drug-likeness (QED) is 0.817. The predicted molar refractivity (Wildman–Crippen MR) is 59.2 cm³/mol. The summed E-state index contributed by atoms with van der Waals surface area (Å²) in [5.41, 5.74) is 6.21. The van der Waals surface area contributed by atoms with Gasteiger partial charge in [0.15, 0.2) is 0 Å². The van der Waals surface area contributed by atoms with Crippen LogP contribution in [0.25, 0.3) is 11.5 Å². The molecule has 0 bridgehead atoms. The fraction of sp³-hybridized carbons (Fsp3) is 0.182. The molecule has 2 rings (SSSR count). The molecule has 0 aliphatic rings. The number of hydrogen-bond donors (Lipinski definition) is 1. The van der Waals surface area contributed by atoms with Crippen molar-refractivity contribution in [2.45, 2.75) is 12.5 Å². The van der Waals surface area contributed by atoms with Gasteiger partial charge in [-0.05, 0) is 18.6 Å². The summed E-state index contributed by atoms with van der Waals surface area (Å²) in [6.07, 6.45) is 3.30. The van der Waals surface area contributed by atoms with E-state index in [1.807, 2.05) is 0 Å². The van der Waals surface area contributed by atoms with Crippen molar-refractivity contribution in [2.75, 3.05) is 0 Å². The second kappa shape index (κ2) is 4.84. The number of pyridine rings is 1. The van der Waals surface area contributed by atoms with Crippen LogP contribution in [-0.4, -0.2) is 15.1 Å². The molecule has 2 aromatic heterocycles. The average Bonchev–Trinajstić information content (AvgIpc) is 2.80. The lowest BCUT2D eigenvalue weighted by Crippen LogP contribution is -2.09. The van der Waals surface area contributed by atoms with E-state index in [9.17, 15) is 4.39 Å². The summed E-state index contributed by atoms with van der Waals surface area (Å²) in [5, 5.41) is 3.73. The molecular formula is C11H11FN4O. The zero-order valence-corrected chi connectivity index (χ0v) is 9.01. The summed E-state index contributed by atoms with van der Waals surface area (Å²) in [7, 11) is 0. The van der Waals surface area contributed by atoms with Crippen LogP contribution < -0.4 is 5.73 Å². The molecule has 1 unspecified atom stereocenters. The van der Waals surface area contributed by atoms with Crippen molar-refractivity contribution in [1.82, 2.24) is 15.1 Å². The average molecular weight is 234 g/mol. The second-order valence-corrected chi connectivity index (χ2v) is 3.45. The first kappa shape index (κ1) is 11.4. The van der Waals surface area contributed by atoms with Crippen LogP contribution in [0.15, 0.2) is 35.5 Å². The summed E-state index contributed by atoms with van der Waals surface area (Å²) in [6.45, 7) is 3.58. The minimum Gasteiger partial charge on any atom is -0.337 e. The maximum absolute atomic E-state index is 12.7. The van der Waals surface area contributed by atoms with Crippen LogP contribution in [0.4, 0.5) is 4.39 Å². The third-order valence-electron chi connectivity index (χ3n) is 2.14. The molecule has 0 aliphatic heterocycles. The number of rotatable bonds is 4. The molecule has 0 saturated heterocycles. The van der Waals surface area contributed by atoms with Crippen molar-refractivity contribution >= 4 is 0 Å². The lowest BCUT2D eigenvalue weighted by Gasteiger charge is -2.00. The molecular weight excluding hydrogens is 223 g/mol. The normalized spacial score (nSPS) is 12.4. The van der Waals surface area contributed by atoms with Gasteiger partial charge in [0.2, 0.25) is 11.7 Å². The molecule has 0 fully saturated rings. The Morgan fingerprint density at radius 1 is 1.53 bits per heavy atom. The van der Waals surface area contributed by atoms with Crippen molar-refractivity contribution in [3.05, 3.63) is 42.7 Å². The van der Waals surface area contributed by atoms with Gasteiger partial charge in [-0.2, -0.15) is 4.98 Å². The fourth-order valence-electron chi connectivity index (χ4n) is 1.28. The molecule has 5 nitrogen and oxygen atoms in total. The molecule has 0 spiro atoms. The van der Waals surface area contributed by atoms with Crippen LogP contribution in [-0.2, 0) is 0 Å². The van der Waals surface area contributed by atoms with Gasteiger partial charge in [0, 0.05) is 0 Å². The molecule has 0 amide bonds. The van der Waals surface area contributed by atoms with Gasteiger partial charge in [0.05, 0.1) is 12.2 Å². The van der Waals surface area contributed by atoms with Crippen molar-refractivity contribution in [3.8, 4) is 11.5 Å². The SMILES string of the molecule is C=CCC(N)c1nc(-c2ccc(F)cn2)no1. The molecule has 88 valence electrons. The molecule has 6 heteroatoms. The van der Waals surface area contributed by atoms with Crippen LogP contribution in [0.5, 0.6) is 0 Å². The minimum absolute atomic E-state index is 0.291. The molecule has 0 saturated carbocycles. The highest BCUT2D eigenvalue weighted by Gasteiger charge is 2.15. The van der Waals surface area contributed by atoms with Crippen molar-refractivity contribution in [3.63, 3.8) is 0 Å². The molecule has 2 aromatic rings. The smallest absolute Gasteiger partial charge is 0.244 e. The molecule has 2 heterocycles. The van der Waals surface area contributed by atoms with E-state index in [-0.39, 0.29) is 6.04 Å². The summed E-state index contributed by atoms with van der Waals surface area (Å²) in [4.78, 5) is 7.94. The van der Waals surface area contributed by atoms with E-state index < -0.39 is 5.82 Å². The third kappa shape index (κ3) is 2.54. The molecule has 17 heavy (non-hydrogen) atoms. The van der Waals surface area contributed by atoms with E-state index in [1.54, 1.807) is 6.08 Å². The zero-order chi connectivity index (χ0) is 12.3. The standard InChI is InChI=1S/C11H11FN4O/c1-2-3-8(13)11-15-10(16-17-11)9-5-4-7(12)6-14-9/h2,4-6,8H,1,3,13H2. The van der Waals surface area contributed by atoms with Crippen molar-refractivity contribution in [1.29, 1.82) is 0 Å². The summed E-state index contributed by atoms with van der Waals surface area (Å²) >= 11 is 0. The first-order chi connectivity index (χ1) is 8.20. The van der Waals surface area contributed by atoms with Gasteiger partial charge in [-0.1, -0.05) is 11.2 Å². The van der Waals surface area contributed by atoms with Crippen LogP contribution in [0.1, 0.15) is 18.4 Å². The number of nitrogens with two attached hydrogens (primary N) is 1. The summed E-state index contributed by atoms with van der Waals surface area (Å²) in [5.74, 6) is 0.186. The van der Waals surface area contributed by atoms with Gasteiger partial charge in [0.25, 0.3) is 0 Å². The van der Waals surface area contributed by atoms with Crippen molar-refractivity contribution in [2.24, 2.45) is 5.73 Å². The van der Waals surface area contributed by atoms with E-state index in [1.165, 1.54) is 12.1 Å². The molecule has 0 aromatic carbocycles. The van der Waals surface area contributed by atoms with Crippen LogP contribution in [0.2, 0.25) is 0 Å². The van der Waals surface area contributed by atoms with Gasteiger partial charge in [-0.25, -0.2) is 9.37 Å². The topological polar surface area (TPSA) is 77.8 Å². The summed E-state index contributed by atoms with van der Waals surface area (Å²) < 4.78 is 17.7. The summed E-state index contributed by atoms with van der Waals surface area (Å²) in [6, 6.07) is 2.37. The predicted octanol–water partition coefficient (Wildman–Crippen LogP) is 1.85. The Kier molecular flexibility index (Phi) is 3.24. The molecule has 1 atom stereocenters. The van der Waals surface area contributed by atoms with Crippen molar-refractivity contribution < 1.29 is 8.91 Å². The monoisotopic (exact) mass is 234 g/mol. The Balaban J connectivity index is 2.23. The Bertz CT molecular complexity index is 508. The van der Waals surface area contributed by atoms with E-state index >= 15 is 0 Å². The van der Waals surface area contributed by atoms with Crippen LogP contribution in [0.3, 0.4) is 0 Å². The van der Waals surface area contributed by atoms with Gasteiger partial charge in [-0.15, -0.1) is 6.58 Å². The number of hydrogen-bond acceptors (Lipinski definition) is 5. The van der Waals surface area contributed by atoms with Gasteiger partial charge < -0.3 is 10.3 Å². The van der Waals surface area contributed by atoms with E-state index in [0.717, 1.165) is 6.20 Å². The highest BCUT2D eigenvalue weighted by atomic mass is 19.1. The maximum atomic E-state index is 12.7. The second-order valence-electron chi connectivity index (χ2n) is 3.45. The Morgan fingerprint density at radius 2 is 2.35 bits per heavy atom. The lowest BCUT2D eigenvalue weighted by molar-refractivity contribution is 0.355. The van der Waals surface area contributed by atoms with Crippen LogP contribution in [0, 0.1) is 5.82 Å². The number of nitrogens with zero attached hydrogens (tertiary/aromatic N) is 3. The van der Waals surface area contributed by atoms with E-state index in [4.69, 9.17) is 10.3 Å². The Morgan fingerprint density at radius 3 is 3.00 bits per heavy atom. The lowest BCUT2D eigenvalue weighted by atomic mass is 10.2. The molecule has 0 aliphatic carbocycles. The van der Waals surface area contributed by atoms with Crippen LogP contribution >= 0.6 is 0 Å². The first-order valence-corrected chi connectivity index (χ1v) is 5.02. The Hall–Kier alpha value is -2.08. The van der Waals surface area contributed by atoms with Gasteiger partial charge in [0.1, 0.15) is 11.5 Å². The largest absolute Gasteiger partial charge is 0.337 e. The maximum Gasteiger partial charge on any atom is 0.244 e.